The van der Waals surface area contributed by atoms with E-state index < -0.39 is 7.19 Å². The molecule has 38 heavy (non-hydrogen) atoms. The summed E-state index contributed by atoms with van der Waals surface area (Å²) in [6.45, 7) is 0. The minimum Gasteiger partial charge on any atom is -0.523 e. The lowest BCUT2D eigenvalue weighted by Gasteiger charge is -2.23. The Morgan fingerprint density at radius 3 is 1.68 bits per heavy atom. The summed E-state index contributed by atoms with van der Waals surface area (Å²) in [6, 6.07) is 34.5. The minimum atomic E-state index is -0.598. The molecule has 9 rings (SSSR count). The lowest BCUT2D eigenvalue weighted by molar-refractivity contribution is 0.529. The zero-order valence-electron chi connectivity index (χ0n) is 20.0. The number of aliphatic imine (C=N–C) groups is 2. The van der Waals surface area contributed by atoms with Crippen LogP contribution in [-0.4, -0.2) is 27.8 Å². The Bertz CT molecular complexity index is 2170. The normalized spacial score (nSPS) is 14.5. The van der Waals surface area contributed by atoms with Crippen molar-refractivity contribution in [1.29, 1.82) is 0 Å². The van der Waals surface area contributed by atoms with Gasteiger partial charge in [-0.25, -0.2) is 20.0 Å². The summed E-state index contributed by atoms with van der Waals surface area (Å²) >= 11 is 0. The third-order valence-electron chi connectivity index (χ3n) is 7.41. The third-order valence-corrected chi connectivity index (χ3v) is 7.41. The van der Waals surface area contributed by atoms with E-state index in [1.165, 1.54) is 0 Å². The highest BCUT2D eigenvalue weighted by Gasteiger charge is 2.39. The average molecular weight is 488 g/mol. The molecule has 3 aliphatic heterocycles. The van der Waals surface area contributed by atoms with Crippen LogP contribution in [0, 0.1) is 0 Å². The summed E-state index contributed by atoms with van der Waals surface area (Å²) in [6.07, 6.45) is 0. The van der Waals surface area contributed by atoms with Gasteiger partial charge in [0.1, 0.15) is 28.4 Å². The van der Waals surface area contributed by atoms with Gasteiger partial charge in [0.2, 0.25) is 0 Å². The number of hydrogen-bond acceptors (Lipinski definition) is 5. The van der Waals surface area contributed by atoms with E-state index in [4.69, 9.17) is 24.6 Å². The fraction of sp³-hybridized carbons (Fsp3) is 0. The molecule has 0 spiro atoms. The molecule has 0 aliphatic carbocycles. The second kappa shape index (κ2) is 7.17. The summed E-state index contributed by atoms with van der Waals surface area (Å²) in [4.78, 5) is 20.6. The Kier molecular flexibility index (Phi) is 3.75. The van der Waals surface area contributed by atoms with Crippen molar-refractivity contribution in [2.75, 3.05) is 0 Å². The van der Waals surface area contributed by atoms with Gasteiger partial charge in [0.05, 0.1) is 0 Å². The summed E-state index contributed by atoms with van der Waals surface area (Å²) in [5.74, 6) is 3.58. The van der Waals surface area contributed by atoms with Crippen molar-refractivity contribution in [2.45, 2.75) is 0 Å². The molecule has 0 fully saturated rings. The van der Waals surface area contributed by atoms with Gasteiger partial charge in [-0.15, -0.1) is 0 Å². The monoisotopic (exact) mass is 488 g/mol. The van der Waals surface area contributed by atoms with E-state index in [2.05, 4.69) is 45.4 Å². The van der Waals surface area contributed by atoms with E-state index in [-0.39, 0.29) is 0 Å². The van der Waals surface area contributed by atoms with E-state index in [0.717, 1.165) is 61.0 Å². The summed E-state index contributed by atoms with van der Waals surface area (Å²) in [5.41, 5.74) is 3.49. The van der Waals surface area contributed by atoms with Crippen molar-refractivity contribution in [3.8, 4) is 5.75 Å². The van der Waals surface area contributed by atoms with E-state index in [0.29, 0.717) is 11.7 Å². The van der Waals surface area contributed by atoms with Crippen molar-refractivity contribution in [3.63, 3.8) is 0 Å². The lowest BCUT2D eigenvalue weighted by Crippen LogP contribution is -2.52. The molecular formula is C30H17BN6O. The Hall–Kier alpha value is -5.24. The van der Waals surface area contributed by atoms with E-state index in [9.17, 15) is 0 Å². The van der Waals surface area contributed by atoms with Crippen LogP contribution in [0.3, 0.4) is 0 Å². The Morgan fingerprint density at radius 1 is 0.474 bits per heavy atom. The predicted molar refractivity (Wildman–Crippen MR) is 149 cm³/mol. The molecule has 6 aromatic rings. The van der Waals surface area contributed by atoms with Crippen molar-refractivity contribution >= 4 is 52.0 Å². The fourth-order valence-electron chi connectivity index (χ4n) is 5.75. The maximum Gasteiger partial charge on any atom is 0.633 e. The van der Waals surface area contributed by atoms with E-state index in [1.807, 2.05) is 66.7 Å². The minimum absolute atomic E-state index is 0.598. The molecule has 0 unspecified atom stereocenters. The number of benzene rings is 4. The number of rotatable bonds is 2. The maximum atomic E-state index is 6.79. The highest BCUT2D eigenvalue weighted by molar-refractivity contribution is 6.52. The van der Waals surface area contributed by atoms with E-state index in [1.54, 1.807) is 0 Å². The number of nitrogens with zero attached hydrogens (tertiary/aromatic N) is 6. The van der Waals surface area contributed by atoms with Crippen LogP contribution in [0.1, 0.15) is 11.1 Å². The number of aromatic nitrogens is 2. The van der Waals surface area contributed by atoms with Gasteiger partial charge < -0.3 is 4.65 Å². The van der Waals surface area contributed by atoms with Gasteiger partial charge in [0.15, 0.2) is 11.7 Å². The molecule has 0 radical (unpaired) electrons. The van der Waals surface area contributed by atoms with E-state index >= 15 is 0 Å². The molecule has 8 heteroatoms. The van der Waals surface area contributed by atoms with Gasteiger partial charge in [0.25, 0.3) is 0 Å². The van der Waals surface area contributed by atoms with Gasteiger partial charge >= 0.3 is 7.19 Å². The summed E-state index contributed by atoms with van der Waals surface area (Å²) in [5, 5.41) is 4.02. The zero-order valence-corrected chi connectivity index (χ0v) is 20.0. The molecule has 0 N–H and O–H groups in total. The Balaban J connectivity index is 1.52. The highest BCUT2D eigenvalue weighted by Crippen LogP contribution is 2.40. The van der Waals surface area contributed by atoms with Gasteiger partial charge in [-0.1, -0.05) is 91.0 Å². The van der Waals surface area contributed by atoms with Crippen LogP contribution in [0.4, 0.5) is 11.6 Å². The summed E-state index contributed by atoms with van der Waals surface area (Å²) in [7, 11) is -0.598. The Labute approximate surface area is 216 Å². The topological polar surface area (TPSA) is 68.5 Å². The van der Waals surface area contributed by atoms with Gasteiger partial charge in [0, 0.05) is 32.7 Å². The molecule has 4 bridgehead atoms. The number of fused-ring (bicyclic) bond motifs is 10. The molecule has 7 nitrogen and oxygen atoms in total. The zero-order chi connectivity index (χ0) is 24.8. The fourth-order valence-corrected chi connectivity index (χ4v) is 5.75. The molecule has 2 aromatic heterocycles. The smallest absolute Gasteiger partial charge is 0.523 e. The third kappa shape index (κ3) is 2.53. The molecule has 0 amide bonds. The molecular weight excluding hydrogens is 471 g/mol. The molecule has 0 atom stereocenters. The number of amidine groups is 2. The van der Waals surface area contributed by atoms with Crippen molar-refractivity contribution in [1.82, 2.24) is 8.96 Å². The number of para-hydroxylation sites is 1. The molecule has 5 heterocycles. The van der Waals surface area contributed by atoms with Crippen LogP contribution in [-0.2, 0) is 0 Å². The van der Waals surface area contributed by atoms with Crippen LogP contribution >= 0.6 is 0 Å². The molecule has 3 aliphatic rings. The largest absolute Gasteiger partial charge is 0.633 e. The standard InChI is InChI=1S/C30H17BN6O/c1-2-10-18(11-3-1)38-31-36-27-21-14-6-8-16-23(21)29(36)35-30-24-17-9-7-15-22(24)28(37(30)31)34-26-20-13-5-4-12-19(20)25(32-26)33-27/h1-17H. The molecule has 176 valence electrons. The second-order valence-corrected chi connectivity index (χ2v) is 9.52. The quantitative estimate of drug-likeness (QED) is 0.323. The van der Waals surface area contributed by atoms with Crippen LogP contribution in [0.25, 0.3) is 21.5 Å². The van der Waals surface area contributed by atoms with Crippen molar-refractivity contribution in [3.05, 3.63) is 125 Å². The first-order valence-electron chi connectivity index (χ1n) is 12.5. The van der Waals surface area contributed by atoms with Gasteiger partial charge in [-0.05, 0) is 12.1 Å². The second-order valence-electron chi connectivity index (χ2n) is 9.52. The molecule has 0 saturated heterocycles. The molecule has 4 aromatic carbocycles. The first-order chi connectivity index (χ1) is 18.8. The van der Waals surface area contributed by atoms with Gasteiger partial charge in [-0.2, -0.15) is 0 Å². The SMILES string of the molecule is c1ccc(OB2n3c4c5ccccc5c3N=c3c5ccccc5c(n32)=NC2=NC(=N4)c3ccccc32)cc1. The average Bonchev–Trinajstić information content (AvgIpc) is 3.59. The highest BCUT2D eigenvalue weighted by atomic mass is 16.5. The number of hydrogen-bond donors (Lipinski definition) is 0. The first kappa shape index (κ1) is 19.9. The van der Waals surface area contributed by atoms with Crippen molar-refractivity contribution in [2.24, 2.45) is 20.0 Å². The first-order valence-corrected chi connectivity index (χ1v) is 12.5. The predicted octanol–water partition coefficient (Wildman–Crippen LogP) is 4.79. The maximum absolute atomic E-state index is 6.79. The summed E-state index contributed by atoms with van der Waals surface area (Å²) < 4.78 is 10.9. The Morgan fingerprint density at radius 2 is 1.00 bits per heavy atom. The van der Waals surface area contributed by atoms with Crippen LogP contribution in [0.2, 0.25) is 0 Å². The van der Waals surface area contributed by atoms with Crippen LogP contribution < -0.4 is 15.6 Å². The molecule has 0 saturated carbocycles. The van der Waals surface area contributed by atoms with Crippen LogP contribution in [0.5, 0.6) is 5.75 Å². The van der Waals surface area contributed by atoms with Gasteiger partial charge in [-0.3, -0.25) is 8.96 Å². The van der Waals surface area contributed by atoms with Crippen molar-refractivity contribution < 1.29 is 4.65 Å². The van der Waals surface area contributed by atoms with Crippen LogP contribution in [0.15, 0.2) is 123 Å². The lowest BCUT2D eigenvalue weighted by atomic mass is 9.98.